The molecule has 1 atom stereocenters. The molecule has 2 aromatic rings. The number of hydrogen-bond donors (Lipinski definition) is 1. The summed E-state index contributed by atoms with van der Waals surface area (Å²) in [5.41, 5.74) is 2.74. The number of piperidine rings is 1. The minimum atomic E-state index is 0. The SMILES string of the molecule is CSc1ccc2c(c1)N(CC[C@H]1CCCCN1)c1ccccc1S2.Cl.Cl. The molecule has 0 aliphatic carbocycles. The van der Waals surface area contributed by atoms with Crippen LogP contribution in [0, 0.1) is 0 Å². The number of hydrogen-bond acceptors (Lipinski definition) is 4. The number of fused-ring (bicyclic) bond motifs is 2. The zero-order valence-corrected chi connectivity index (χ0v) is 18.2. The van der Waals surface area contributed by atoms with Crippen LogP contribution in [0.1, 0.15) is 25.7 Å². The monoisotopic (exact) mass is 428 g/mol. The Kier molecular flexibility index (Phi) is 8.49. The van der Waals surface area contributed by atoms with Crippen LogP contribution in [0.5, 0.6) is 0 Å². The predicted molar refractivity (Wildman–Crippen MR) is 121 cm³/mol. The van der Waals surface area contributed by atoms with E-state index in [1.54, 1.807) is 0 Å². The molecule has 0 amide bonds. The van der Waals surface area contributed by atoms with Gasteiger partial charge in [-0.05, 0) is 62.4 Å². The summed E-state index contributed by atoms with van der Waals surface area (Å²) in [6, 6.07) is 16.4. The van der Waals surface area contributed by atoms with E-state index in [1.165, 1.54) is 58.3 Å². The van der Waals surface area contributed by atoms with Crippen LogP contribution in [0.25, 0.3) is 0 Å². The standard InChI is InChI=1S/C20H24N2S2.2ClH/c1-23-16-9-10-20-18(14-16)22(13-11-15-6-4-5-12-21-15)17-7-2-3-8-19(17)24-20;;/h2-3,7-10,14-15,21H,4-6,11-13H2,1H3;2*1H/t15-;;/m1../s1. The molecule has 1 saturated heterocycles. The fourth-order valence-electron chi connectivity index (χ4n) is 3.63. The van der Waals surface area contributed by atoms with Gasteiger partial charge in [-0.1, -0.05) is 30.3 Å². The van der Waals surface area contributed by atoms with Gasteiger partial charge in [0.15, 0.2) is 0 Å². The molecule has 6 heteroatoms. The summed E-state index contributed by atoms with van der Waals surface area (Å²) < 4.78 is 0. The second-order valence-corrected chi connectivity index (χ2v) is 8.45. The minimum Gasteiger partial charge on any atom is -0.340 e. The van der Waals surface area contributed by atoms with Crippen LogP contribution in [0.4, 0.5) is 11.4 Å². The summed E-state index contributed by atoms with van der Waals surface area (Å²) in [6.07, 6.45) is 7.39. The van der Waals surface area contributed by atoms with E-state index in [9.17, 15) is 0 Å². The molecule has 2 heterocycles. The van der Waals surface area contributed by atoms with Gasteiger partial charge >= 0.3 is 0 Å². The lowest BCUT2D eigenvalue weighted by molar-refractivity contribution is 0.385. The van der Waals surface area contributed by atoms with Crippen LogP contribution in [0.3, 0.4) is 0 Å². The number of nitrogens with one attached hydrogen (secondary N) is 1. The van der Waals surface area contributed by atoms with E-state index >= 15 is 0 Å². The molecule has 0 aromatic heterocycles. The molecule has 0 radical (unpaired) electrons. The van der Waals surface area contributed by atoms with Crippen molar-refractivity contribution in [3.63, 3.8) is 0 Å². The van der Waals surface area contributed by atoms with E-state index in [4.69, 9.17) is 0 Å². The third-order valence-corrected chi connectivity index (χ3v) is 6.80. The van der Waals surface area contributed by atoms with E-state index in [-0.39, 0.29) is 24.8 Å². The summed E-state index contributed by atoms with van der Waals surface area (Å²) in [5, 5.41) is 3.69. The first-order valence-electron chi connectivity index (χ1n) is 8.81. The highest BCUT2D eigenvalue weighted by Crippen LogP contribution is 2.48. The van der Waals surface area contributed by atoms with E-state index < -0.39 is 0 Å². The Balaban J connectivity index is 0.00000121. The Bertz CT molecular complexity index is 721. The summed E-state index contributed by atoms with van der Waals surface area (Å²) >= 11 is 3.72. The van der Waals surface area contributed by atoms with Gasteiger partial charge in [-0.2, -0.15) is 0 Å². The Morgan fingerprint density at radius 2 is 1.88 bits per heavy atom. The van der Waals surface area contributed by atoms with Crippen LogP contribution >= 0.6 is 48.3 Å². The van der Waals surface area contributed by atoms with Gasteiger partial charge in [-0.3, -0.25) is 0 Å². The van der Waals surface area contributed by atoms with Gasteiger partial charge in [0.25, 0.3) is 0 Å². The van der Waals surface area contributed by atoms with Gasteiger partial charge in [-0.25, -0.2) is 0 Å². The van der Waals surface area contributed by atoms with Crippen molar-refractivity contribution in [1.82, 2.24) is 5.32 Å². The minimum absolute atomic E-state index is 0. The molecule has 2 nitrogen and oxygen atoms in total. The number of anilines is 2. The molecule has 0 saturated carbocycles. The fraction of sp³-hybridized carbons (Fsp3) is 0.400. The zero-order valence-electron chi connectivity index (χ0n) is 14.9. The number of nitrogens with zero attached hydrogens (tertiary/aromatic N) is 1. The number of halogens is 2. The van der Waals surface area contributed by atoms with Crippen LogP contribution in [0.15, 0.2) is 57.2 Å². The lowest BCUT2D eigenvalue weighted by Gasteiger charge is -2.34. The third-order valence-electron chi connectivity index (χ3n) is 4.95. The van der Waals surface area contributed by atoms with Crippen molar-refractivity contribution in [2.45, 2.75) is 46.4 Å². The zero-order chi connectivity index (χ0) is 16.4. The van der Waals surface area contributed by atoms with E-state index in [2.05, 4.69) is 58.9 Å². The second kappa shape index (κ2) is 10.1. The lowest BCUT2D eigenvalue weighted by atomic mass is 10.0. The van der Waals surface area contributed by atoms with Crippen LogP contribution in [0.2, 0.25) is 0 Å². The van der Waals surface area contributed by atoms with Crippen molar-refractivity contribution in [1.29, 1.82) is 0 Å². The molecular formula is C20H26Cl2N2S2. The largest absolute Gasteiger partial charge is 0.340 e. The smallest absolute Gasteiger partial charge is 0.0564 e. The molecular weight excluding hydrogens is 403 g/mol. The molecule has 0 unspecified atom stereocenters. The highest BCUT2D eigenvalue weighted by Gasteiger charge is 2.24. The van der Waals surface area contributed by atoms with Gasteiger partial charge in [0, 0.05) is 27.3 Å². The van der Waals surface area contributed by atoms with Crippen molar-refractivity contribution >= 4 is 59.7 Å². The molecule has 4 rings (SSSR count). The molecule has 2 aliphatic heterocycles. The number of rotatable bonds is 4. The van der Waals surface area contributed by atoms with E-state index in [0.717, 1.165) is 6.54 Å². The van der Waals surface area contributed by atoms with Crippen LogP contribution < -0.4 is 10.2 Å². The Morgan fingerprint density at radius 3 is 2.65 bits per heavy atom. The quantitative estimate of drug-likeness (QED) is 0.567. The lowest BCUT2D eigenvalue weighted by Crippen LogP contribution is -2.37. The average Bonchev–Trinajstić information content (AvgIpc) is 2.65. The molecule has 2 aromatic carbocycles. The number of benzene rings is 2. The first-order valence-corrected chi connectivity index (χ1v) is 10.8. The van der Waals surface area contributed by atoms with Crippen LogP contribution in [-0.2, 0) is 0 Å². The van der Waals surface area contributed by atoms with E-state index in [1.807, 2.05) is 23.5 Å². The first-order chi connectivity index (χ1) is 11.8. The molecule has 1 fully saturated rings. The van der Waals surface area contributed by atoms with Gasteiger partial charge in [-0.15, -0.1) is 36.6 Å². The molecule has 0 spiro atoms. The van der Waals surface area contributed by atoms with Crippen molar-refractivity contribution in [3.8, 4) is 0 Å². The van der Waals surface area contributed by atoms with Crippen molar-refractivity contribution < 1.29 is 0 Å². The summed E-state index contributed by atoms with van der Waals surface area (Å²) in [6.45, 7) is 2.27. The topological polar surface area (TPSA) is 15.3 Å². The highest BCUT2D eigenvalue weighted by molar-refractivity contribution is 8.00. The fourth-order valence-corrected chi connectivity index (χ4v) is 5.14. The maximum absolute atomic E-state index is 3.69. The summed E-state index contributed by atoms with van der Waals surface area (Å²) in [5.74, 6) is 0. The molecule has 26 heavy (non-hydrogen) atoms. The van der Waals surface area contributed by atoms with Gasteiger partial charge in [0.05, 0.1) is 11.4 Å². The van der Waals surface area contributed by atoms with Gasteiger partial charge in [0.2, 0.25) is 0 Å². The van der Waals surface area contributed by atoms with Crippen molar-refractivity contribution in [2.75, 3.05) is 24.2 Å². The maximum Gasteiger partial charge on any atom is 0.0564 e. The Morgan fingerprint density at radius 1 is 1.08 bits per heavy atom. The molecule has 142 valence electrons. The molecule has 2 aliphatic rings. The van der Waals surface area contributed by atoms with E-state index in [0.29, 0.717) is 6.04 Å². The average molecular weight is 429 g/mol. The first kappa shape index (κ1) is 21.8. The van der Waals surface area contributed by atoms with Crippen molar-refractivity contribution in [3.05, 3.63) is 42.5 Å². The normalized spacial score (nSPS) is 18.2. The van der Waals surface area contributed by atoms with Gasteiger partial charge in [0.1, 0.15) is 0 Å². The predicted octanol–water partition coefficient (Wildman–Crippen LogP) is 6.39. The summed E-state index contributed by atoms with van der Waals surface area (Å²) in [4.78, 5) is 6.63. The molecule has 1 N–H and O–H groups in total. The Hall–Kier alpha value is -0.520. The Labute approximate surface area is 177 Å². The van der Waals surface area contributed by atoms with Crippen molar-refractivity contribution in [2.24, 2.45) is 0 Å². The maximum atomic E-state index is 3.69. The summed E-state index contributed by atoms with van der Waals surface area (Å²) in [7, 11) is 0. The highest BCUT2D eigenvalue weighted by atomic mass is 35.5. The van der Waals surface area contributed by atoms with Crippen LogP contribution in [-0.4, -0.2) is 25.4 Å². The molecule has 0 bridgehead atoms. The third kappa shape index (κ3) is 4.66. The number of para-hydroxylation sites is 1. The number of thioether (sulfide) groups is 1. The van der Waals surface area contributed by atoms with Gasteiger partial charge < -0.3 is 10.2 Å². The second-order valence-electron chi connectivity index (χ2n) is 6.49.